The van der Waals surface area contributed by atoms with Crippen LogP contribution in [-0.2, 0) is 4.79 Å². The summed E-state index contributed by atoms with van der Waals surface area (Å²) >= 11 is 5.86. The summed E-state index contributed by atoms with van der Waals surface area (Å²) in [6.45, 7) is 5.37. The predicted octanol–water partition coefficient (Wildman–Crippen LogP) is 2.30. The van der Waals surface area contributed by atoms with Crippen LogP contribution in [0.2, 0.25) is 5.02 Å². The van der Waals surface area contributed by atoms with Crippen molar-refractivity contribution in [3.8, 4) is 5.75 Å². The van der Waals surface area contributed by atoms with E-state index < -0.39 is 6.10 Å². The van der Waals surface area contributed by atoms with E-state index >= 15 is 0 Å². The summed E-state index contributed by atoms with van der Waals surface area (Å²) in [5.41, 5.74) is 0.876. The predicted molar refractivity (Wildman–Crippen MR) is 75.6 cm³/mol. The molecule has 1 rings (SSSR count). The van der Waals surface area contributed by atoms with Crippen molar-refractivity contribution >= 4 is 17.5 Å². The second-order valence-corrected chi connectivity index (χ2v) is 4.90. The Morgan fingerprint density at radius 1 is 1.53 bits per heavy atom. The van der Waals surface area contributed by atoms with E-state index in [1.807, 2.05) is 13.8 Å². The third-order valence-electron chi connectivity index (χ3n) is 2.87. The number of rotatable bonds is 6. The Balaban J connectivity index is 2.63. The van der Waals surface area contributed by atoms with Gasteiger partial charge in [0.05, 0.1) is 12.6 Å². The molecule has 0 saturated heterocycles. The van der Waals surface area contributed by atoms with Crippen molar-refractivity contribution in [3.05, 3.63) is 28.8 Å². The third-order valence-corrected chi connectivity index (χ3v) is 3.10. The van der Waals surface area contributed by atoms with Crippen LogP contribution < -0.4 is 10.1 Å². The van der Waals surface area contributed by atoms with Gasteiger partial charge >= 0.3 is 0 Å². The average Bonchev–Trinajstić information content (AvgIpc) is 2.38. The van der Waals surface area contributed by atoms with Gasteiger partial charge in [-0.15, -0.1) is 0 Å². The number of aryl methyl sites for hydroxylation is 1. The highest BCUT2D eigenvalue weighted by Crippen LogP contribution is 2.22. The number of carbonyl (C=O) groups excluding carboxylic acids is 1. The molecule has 2 atom stereocenters. The molecule has 1 aromatic carbocycles. The van der Waals surface area contributed by atoms with Crippen LogP contribution in [0.1, 0.15) is 25.8 Å². The molecule has 106 valence electrons. The van der Waals surface area contributed by atoms with Crippen LogP contribution in [0.4, 0.5) is 0 Å². The molecular weight excluding hydrogens is 266 g/mol. The molecule has 1 aromatic rings. The first-order valence-electron chi connectivity index (χ1n) is 6.32. The molecule has 0 spiro atoms. The number of ether oxygens (including phenoxy) is 1. The number of hydrogen-bond donors (Lipinski definition) is 2. The lowest BCUT2D eigenvalue weighted by molar-refractivity contribution is -0.128. The maximum absolute atomic E-state index is 11.9. The van der Waals surface area contributed by atoms with Crippen LogP contribution in [-0.4, -0.2) is 29.8 Å². The van der Waals surface area contributed by atoms with Gasteiger partial charge in [-0.25, -0.2) is 0 Å². The first-order valence-corrected chi connectivity index (χ1v) is 6.69. The minimum atomic E-state index is -0.625. The van der Waals surface area contributed by atoms with E-state index in [4.69, 9.17) is 21.4 Å². The van der Waals surface area contributed by atoms with E-state index in [0.29, 0.717) is 17.2 Å². The number of carbonyl (C=O) groups is 1. The van der Waals surface area contributed by atoms with Crippen LogP contribution in [0, 0.1) is 6.92 Å². The summed E-state index contributed by atoms with van der Waals surface area (Å²) in [7, 11) is 0. The molecule has 0 heterocycles. The number of nitrogens with one attached hydrogen (secondary N) is 1. The Bertz CT molecular complexity index is 433. The Labute approximate surface area is 118 Å². The Morgan fingerprint density at radius 2 is 2.21 bits per heavy atom. The number of aliphatic hydroxyl groups is 1. The minimum Gasteiger partial charge on any atom is -0.481 e. The lowest BCUT2D eigenvalue weighted by Crippen LogP contribution is -2.43. The molecule has 5 heteroatoms. The smallest absolute Gasteiger partial charge is 0.261 e. The summed E-state index contributed by atoms with van der Waals surface area (Å²) in [5.74, 6) is 0.388. The van der Waals surface area contributed by atoms with Gasteiger partial charge in [-0.05, 0) is 44.0 Å². The zero-order valence-corrected chi connectivity index (χ0v) is 12.2. The van der Waals surface area contributed by atoms with E-state index in [9.17, 15) is 4.79 Å². The number of halogens is 1. The normalized spacial score (nSPS) is 13.7. The Hall–Kier alpha value is -1.26. The van der Waals surface area contributed by atoms with Crippen molar-refractivity contribution in [3.63, 3.8) is 0 Å². The highest BCUT2D eigenvalue weighted by molar-refractivity contribution is 6.30. The number of benzene rings is 1. The number of aliphatic hydroxyl groups excluding tert-OH is 1. The van der Waals surface area contributed by atoms with Gasteiger partial charge in [-0.3, -0.25) is 4.79 Å². The lowest BCUT2D eigenvalue weighted by Gasteiger charge is -2.19. The van der Waals surface area contributed by atoms with Crippen molar-refractivity contribution in [1.29, 1.82) is 0 Å². The Kier molecular flexibility index (Phi) is 6.12. The number of amides is 1. The molecule has 0 aromatic heterocycles. The van der Waals surface area contributed by atoms with Crippen molar-refractivity contribution in [2.45, 2.75) is 39.3 Å². The van der Waals surface area contributed by atoms with E-state index in [1.165, 1.54) is 0 Å². The molecule has 0 bridgehead atoms. The van der Waals surface area contributed by atoms with E-state index in [1.54, 1.807) is 25.1 Å². The summed E-state index contributed by atoms with van der Waals surface area (Å²) in [6, 6.07) is 5.01. The fraction of sp³-hybridized carbons (Fsp3) is 0.500. The van der Waals surface area contributed by atoms with Gasteiger partial charge in [0.2, 0.25) is 0 Å². The van der Waals surface area contributed by atoms with Gasteiger partial charge in [0, 0.05) is 5.02 Å². The summed E-state index contributed by atoms with van der Waals surface area (Å²) < 4.78 is 5.60. The maximum Gasteiger partial charge on any atom is 0.261 e. The molecule has 0 aliphatic rings. The summed E-state index contributed by atoms with van der Waals surface area (Å²) in [6.07, 6.45) is 0.0510. The lowest BCUT2D eigenvalue weighted by atomic mass is 10.2. The summed E-state index contributed by atoms with van der Waals surface area (Å²) in [4.78, 5) is 11.9. The molecule has 4 nitrogen and oxygen atoms in total. The first kappa shape index (κ1) is 15.8. The fourth-order valence-electron chi connectivity index (χ4n) is 1.58. The van der Waals surface area contributed by atoms with Crippen LogP contribution in [0.15, 0.2) is 18.2 Å². The van der Waals surface area contributed by atoms with Crippen LogP contribution in [0.3, 0.4) is 0 Å². The van der Waals surface area contributed by atoms with Gasteiger partial charge in [-0.1, -0.05) is 18.5 Å². The second kappa shape index (κ2) is 7.36. The molecule has 2 unspecified atom stereocenters. The standard InChI is InChI=1S/C14H20ClNO3/c1-4-12(8-17)16-14(18)10(3)19-13-6-5-11(15)7-9(13)2/h5-7,10,12,17H,4,8H2,1-3H3,(H,16,18). The van der Waals surface area contributed by atoms with Crippen molar-refractivity contribution in [2.75, 3.05) is 6.61 Å². The van der Waals surface area contributed by atoms with Crippen LogP contribution in [0.25, 0.3) is 0 Å². The quantitative estimate of drug-likeness (QED) is 0.843. The van der Waals surface area contributed by atoms with Crippen molar-refractivity contribution in [1.82, 2.24) is 5.32 Å². The fourth-order valence-corrected chi connectivity index (χ4v) is 1.81. The van der Waals surface area contributed by atoms with Gasteiger partial charge in [0.25, 0.3) is 5.91 Å². The number of hydrogen-bond acceptors (Lipinski definition) is 3. The van der Waals surface area contributed by atoms with Gasteiger partial charge in [0.1, 0.15) is 5.75 Å². The van der Waals surface area contributed by atoms with E-state index in [0.717, 1.165) is 5.56 Å². The molecular formula is C14H20ClNO3. The minimum absolute atomic E-state index is 0.0745. The van der Waals surface area contributed by atoms with Crippen LogP contribution >= 0.6 is 11.6 Å². The highest BCUT2D eigenvalue weighted by atomic mass is 35.5. The van der Waals surface area contributed by atoms with E-state index in [2.05, 4.69) is 5.32 Å². The SMILES string of the molecule is CCC(CO)NC(=O)C(C)Oc1ccc(Cl)cc1C. The molecule has 2 N–H and O–H groups in total. The molecule has 1 amide bonds. The molecule has 0 saturated carbocycles. The zero-order chi connectivity index (χ0) is 14.4. The average molecular weight is 286 g/mol. The second-order valence-electron chi connectivity index (χ2n) is 4.47. The molecule has 0 fully saturated rings. The van der Waals surface area contributed by atoms with Gasteiger partial charge < -0.3 is 15.2 Å². The maximum atomic E-state index is 11.9. The van der Waals surface area contributed by atoms with Gasteiger partial charge in [0.15, 0.2) is 6.10 Å². The highest BCUT2D eigenvalue weighted by Gasteiger charge is 2.18. The topological polar surface area (TPSA) is 58.6 Å². The van der Waals surface area contributed by atoms with Gasteiger partial charge in [-0.2, -0.15) is 0 Å². The molecule has 0 aliphatic heterocycles. The Morgan fingerprint density at radius 3 is 2.74 bits per heavy atom. The molecule has 0 radical (unpaired) electrons. The van der Waals surface area contributed by atoms with E-state index in [-0.39, 0.29) is 18.6 Å². The molecule has 0 aliphatic carbocycles. The first-order chi connectivity index (χ1) is 8.97. The molecule has 19 heavy (non-hydrogen) atoms. The zero-order valence-electron chi connectivity index (χ0n) is 11.4. The van der Waals surface area contributed by atoms with Crippen LogP contribution in [0.5, 0.6) is 5.75 Å². The van der Waals surface area contributed by atoms with Crippen molar-refractivity contribution in [2.24, 2.45) is 0 Å². The summed E-state index contributed by atoms with van der Waals surface area (Å²) in [5, 5.41) is 12.4. The monoisotopic (exact) mass is 285 g/mol. The third kappa shape index (κ3) is 4.73. The largest absolute Gasteiger partial charge is 0.481 e. The van der Waals surface area contributed by atoms with Crippen molar-refractivity contribution < 1.29 is 14.6 Å².